The zero-order chi connectivity index (χ0) is 17.5. The molecule has 0 bridgehead atoms. The summed E-state index contributed by atoms with van der Waals surface area (Å²) in [5.41, 5.74) is 1.14. The maximum atomic E-state index is 12.1. The summed E-state index contributed by atoms with van der Waals surface area (Å²) in [6.07, 6.45) is 4.70. The maximum Gasteiger partial charge on any atom is 0.230 e. The summed E-state index contributed by atoms with van der Waals surface area (Å²) in [6.45, 7) is 1.37. The molecule has 1 heterocycles. The van der Waals surface area contributed by atoms with Crippen LogP contribution in [0, 0.1) is 0 Å². The third-order valence-electron chi connectivity index (χ3n) is 4.43. The molecule has 0 atom stereocenters. The number of benzene rings is 1. The highest BCUT2D eigenvalue weighted by molar-refractivity contribution is 7.99. The first-order valence-electron chi connectivity index (χ1n) is 8.67. The van der Waals surface area contributed by atoms with Gasteiger partial charge in [0.05, 0.1) is 11.8 Å². The highest BCUT2D eigenvalue weighted by atomic mass is 32.2. The minimum atomic E-state index is 0.00688. The van der Waals surface area contributed by atoms with Gasteiger partial charge in [0, 0.05) is 25.8 Å². The predicted octanol–water partition coefficient (Wildman–Crippen LogP) is 2.13. The average molecular weight is 360 g/mol. The van der Waals surface area contributed by atoms with Crippen LogP contribution >= 0.6 is 11.8 Å². The van der Waals surface area contributed by atoms with Crippen molar-refractivity contribution in [2.45, 2.75) is 36.9 Å². The zero-order valence-electron chi connectivity index (χ0n) is 14.5. The van der Waals surface area contributed by atoms with Crippen molar-refractivity contribution in [2.75, 3.05) is 30.8 Å². The number of hydrogen-bond donors (Lipinski definition) is 1. The summed E-state index contributed by atoms with van der Waals surface area (Å²) in [6, 6.07) is 10.5. The van der Waals surface area contributed by atoms with Crippen LogP contribution in [0.2, 0.25) is 0 Å². The molecule has 0 radical (unpaired) electrons. The van der Waals surface area contributed by atoms with E-state index < -0.39 is 0 Å². The van der Waals surface area contributed by atoms with Crippen molar-refractivity contribution in [3.05, 3.63) is 30.3 Å². The number of rotatable bonds is 8. The monoisotopic (exact) mass is 360 g/mol. The molecule has 8 heteroatoms. The van der Waals surface area contributed by atoms with Crippen molar-refractivity contribution in [1.29, 1.82) is 0 Å². The van der Waals surface area contributed by atoms with Gasteiger partial charge in [-0.05, 0) is 35.4 Å². The van der Waals surface area contributed by atoms with Gasteiger partial charge in [-0.3, -0.25) is 4.79 Å². The van der Waals surface area contributed by atoms with E-state index in [0.29, 0.717) is 18.3 Å². The Morgan fingerprint density at radius 2 is 2.08 bits per heavy atom. The quantitative estimate of drug-likeness (QED) is 0.727. The molecule has 2 aromatic rings. The highest BCUT2D eigenvalue weighted by Crippen LogP contribution is 2.31. The number of nitrogens with one attached hydrogen (secondary N) is 1. The third-order valence-corrected chi connectivity index (χ3v) is 5.37. The van der Waals surface area contributed by atoms with E-state index in [4.69, 9.17) is 0 Å². The number of anilines is 1. The number of carbonyl (C=O) groups is 1. The van der Waals surface area contributed by atoms with Gasteiger partial charge in [0.2, 0.25) is 11.1 Å². The molecule has 0 aliphatic heterocycles. The minimum absolute atomic E-state index is 0.00688. The molecule has 1 aromatic carbocycles. The molecule has 0 spiro atoms. The molecule has 1 amide bonds. The van der Waals surface area contributed by atoms with Gasteiger partial charge >= 0.3 is 0 Å². The fourth-order valence-electron chi connectivity index (χ4n) is 3.01. The minimum Gasteiger partial charge on any atom is -0.373 e. The van der Waals surface area contributed by atoms with E-state index in [1.54, 1.807) is 0 Å². The molecule has 1 aromatic heterocycles. The Hall–Kier alpha value is -2.09. The van der Waals surface area contributed by atoms with Crippen LogP contribution in [0.5, 0.6) is 0 Å². The molecule has 1 saturated carbocycles. The largest absolute Gasteiger partial charge is 0.373 e. The van der Waals surface area contributed by atoms with Gasteiger partial charge in [0.15, 0.2) is 0 Å². The van der Waals surface area contributed by atoms with Gasteiger partial charge < -0.3 is 10.2 Å². The number of likely N-dealkylation sites (N-methyl/N-ethyl adjacent to an activating group) is 1. The molecular formula is C17H24N6OS. The van der Waals surface area contributed by atoms with E-state index in [0.717, 1.165) is 30.2 Å². The second-order valence-corrected chi connectivity index (χ2v) is 7.18. The number of nitrogens with zero attached hydrogens (tertiary/aromatic N) is 5. The SMILES string of the molecule is CN(CCNC(=O)CSc1nnnn1C1CCCC1)c1ccccc1. The van der Waals surface area contributed by atoms with Gasteiger partial charge in [0.25, 0.3) is 0 Å². The van der Waals surface area contributed by atoms with Crippen molar-refractivity contribution >= 4 is 23.4 Å². The topological polar surface area (TPSA) is 75.9 Å². The van der Waals surface area contributed by atoms with E-state index in [2.05, 4.69) is 37.9 Å². The van der Waals surface area contributed by atoms with Gasteiger partial charge in [-0.25, -0.2) is 4.68 Å². The lowest BCUT2D eigenvalue weighted by Crippen LogP contribution is -2.33. The van der Waals surface area contributed by atoms with E-state index in [1.165, 1.54) is 24.6 Å². The molecule has 3 rings (SSSR count). The first kappa shape index (κ1) is 17.7. The van der Waals surface area contributed by atoms with Crippen LogP contribution in [-0.2, 0) is 4.79 Å². The van der Waals surface area contributed by atoms with Crippen molar-refractivity contribution in [1.82, 2.24) is 25.5 Å². The number of tetrazole rings is 1. The van der Waals surface area contributed by atoms with Crippen molar-refractivity contribution in [3.8, 4) is 0 Å². The lowest BCUT2D eigenvalue weighted by Gasteiger charge is -2.19. The van der Waals surface area contributed by atoms with E-state index in [9.17, 15) is 4.79 Å². The van der Waals surface area contributed by atoms with Gasteiger partial charge in [-0.1, -0.05) is 42.8 Å². The van der Waals surface area contributed by atoms with Crippen LogP contribution in [0.15, 0.2) is 35.5 Å². The van der Waals surface area contributed by atoms with Gasteiger partial charge in [-0.2, -0.15) is 0 Å². The smallest absolute Gasteiger partial charge is 0.230 e. The second-order valence-electron chi connectivity index (χ2n) is 6.24. The molecule has 25 heavy (non-hydrogen) atoms. The van der Waals surface area contributed by atoms with Crippen LogP contribution in [0.4, 0.5) is 5.69 Å². The second kappa shape index (κ2) is 8.84. The summed E-state index contributed by atoms with van der Waals surface area (Å²) in [4.78, 5) is 14.2. The van der Waals surface area contributed by atoms with Crippen molar-refractivity contribution < 1.29 is 4.79 Å². The summed E-state index contributed by atoms with van der Waals surface area (Å²) >= 11 is 1.41. The number of hydrogen-bond acceptors (Lipinski definition) is 6. The first-order valence-corrected chi connectivity index (χ1v) is 9.66. The number of aromatic nitrogens is 4. The molecule has 134 valence electrons. The van der Waals surface area contributed by atoms with Gasteiger partial charge in [0.1, 0.15) is 0 Å². The third kappa shape index (κ3) is 4.94. The summed E-state index contributed by atoms with van der Waals surface area (Å²) in [7, 11) is 2.02. The Labute approximate surface area is 152 Å². The van der Waals surface area contributed by atoms with Crippen molar-refractivity contribution in [2.24, 2.45) is 0 Å². The van der Waals surface area contributed by atoms with Crippen molar-refractivity contribution in [3.63, 3.8) is 0 Å². The van der Waals surface area contributed by atoms with E-state index in [1.807, 2.05) is 29.9 Å². The van der Waals surface area contributed by atoms with Crippen LogP contribution in [0.1, 0.15) is 31.7 Å². The van der Waals surface area contributed by atoms with Crippen LogP contribution in [0.25, 0.3) is 0 Å². The molecule has 0 saturated heterocycles. The predicted molar refractivity (Wildman–Crippen MR) is 98.8 cm³/mol. The molecule has 7 nitrogen and oxygen atoms in total. The van der Waals surface area contributed by atoms with E-state index in [-0.39, 0.29) is 5.91 Å². The molecule has 1 aliphatic rings. The molecule has 1 aliphatic carbocycles. The number of para-hydroxylation sites is 1. The summed E-state index contributed by atoms with van der Waals surface area (Å²) in [5, 5.41) is 15.6. The highest BCUT2D eigenvalue weighted by Gasteiger charge is 2.22. The number of amides is 1. The Morgan fingerprint density at radius 3 is 2.84 bits per heavy atom. The van der Waals surface area contributed by atoms with Crippen LogP contribution in [0.3, 0.4) is 0 Å². The number of carbonyl (C=O) groups excluding carboxylic acids is 1. The lowest BCUT2D eigenvalue weighted by atomic mass is 10.3. The zero-order valence-corrected chi connectivity index (χ0v) is 15.3. The van der Waals surface area contributed by atoms with Crippen LogP contribution in [-0.4, -0.2) is 52.0 Å². The average Bonchev–Trinajstić information content (AvgIpc) is 3.31. The Bertz CT molecular complexity index is 671. The Kier molecular flexibility index (Phi) is 6.27. The number of thioether (sulfide) groups is 1. The van der Waals surface area contributed by atoms with E-state index >= 15 is 0 Å². The van der Waals surface area contributed by atoms with Gasteiger partial charge in [-0.15, -0.1) is 5.10 Å². The Morgan fingerprint density at radius 1 is 1.32 bits per heavy atom. The normalized spacial score (nSPS) is 14.6. The molecular weight excluding hydrogens is 336 g/mol. The molecule has 1 fully saturated rings. The summed E-state index contributed by atoms with van der Waals surface area (Å²) < 4.78 is 1.88. The molecule has 1 N–H and O–H groups in total. The fraction of sp³-hybridized carbons (Fsp3) is 0.529. The lowest BCUT2D eigenvalue weighted by molar-refractivity contribution is -0.118. The fourth-order valence-corrected chi connectivity index (χ4v) is 3.79. The first-order chi connectivity index (χ1) is 12.2. The summed E-state index contributed by atoms with van der Waals surface area (Å²) in [5.74, 6) is 0.342. The Balaban J connectivity index is 1.39. The standard InChI is InChI=1S/C17H24N6OS/c1-22(14-7-3-2-4-8-14)12-11-18-16(24)13-25-17-19-20-21-23(17)15-9-5-6-10-15/h2-4,7-8,15H,5-6,9-13H2,1H3,(H,18,24). The molecule has 0 unspecified atom stereocenters. The maximum absolute atomic E-state index is 12.1. The van der Waals surface area contributed by atoms with Crippen LogP contribution < -0.4 is 10.2 Å².